The summed E-state index contributed by atoms with van der Waals surface area (Å²) < 4.78 is 0. The average Bonchev–Trinajstić information content (AvgIpc) is 2.81. The number of hydrogen-bond acceptors (Lipinski definition) is 4. The van der Waals surface area contributed by atoms with E-state index in [4.69, 9.17) is 0 Å². The van der Waals surface area contributed by atoms with E-state index in [0.717, 1.165) is 15.5 Å². The van der Waals surface area contributed by atoms with E-state index in [-0.39, 0.29) is 24.3 Å². The van der Waals surface area contributed by atoms with Crippen molar-refractivity contribution in [2.24, 2.45) is 5.92 Å². The van der Waals surface area contributed by atoms with Gasteiger partial charge >= 0.3 is 6.03 Å². The molecule has 0 unspecified atom stereocenters. The molecule has 2 rings (SSSR count). The van der Waals surface area contributed by atoms with Crippen molar-refractivity contribution < 1.29 is 14.4 Å². The molecule has 1 heterocycles. The van der Waals surface area contributed by atoms with Gasteiger partial charge in [0.1, 0.15) is 12.6 Å². The summed E-state index contributed by atoms with van der Waals surface area (Å²) in [4.78, 5) is 37.9. The summed E-state index contributed by atoms with van der Waals surface area (Å²) in [6.45, 7) is 6.00. The number of amides is 4. The number of rotatable bonds is 7. The van der Waals surface area contributed by atoms with Crippen LogP contribution in [0.4, 0.5) is 4.79 Å². The first-order valence-electron chi connectivity index (χ1n) is 7.96. The number of carbonyl (C=O) groups is 3. The maximum absolute atomic E-state index is 12.1. The van der Waals surface area contributed by atoms with Crippen LogP contribution in [0.15, 0.2) is 29.2 Å². The summed E-state index contributed by atoms with van der Waals surface area (Å²) in [7, 11) is 0. The van der Waals surface area contributed by atoms with Gasteiger partial charge in [0.2, 0.25) is 5.91 Å². The summed E-state index contributed by atoms with van der Waals surface area (Å²) in [5, 5.41) is 5.35. The summed E-state index contributed by atoms with van der Waals surface area (Å²) in [5.41, 5.74) is 1.21. The topological polar surface area (TPSA) is 78.5 Å². The molecule has 1 saturated heterocycles. The number of hydrogen-bond donors (Lipinski definition) is 2. The molecule has 2 N–H and O–H groups in total. The van der Waals surface area contributed by atoms with Crippen molar-refractivity contribution in [1.82, 2.24) is 15.5 Å². The van der Waals surface area contributed by atoms with Crippen LogP contribution in [0.5, 0.6) is 0 Å². The molecule has 0 aliphatic carbocycles. The predicted molar refractivity (Wildman–Crippen MR) is 93.8 cm³/mol. The van der Waals surface area contributed by atoms with Crippen LogP contribution >= 0.6 is 11.8 Å². The minimum absolute atomic E-state index is 0.000389. The maximum atomic E-state index is 12.1. The Labute approximate surface area is 146 Å². The summed E-state index contributed by atoms with van der Waals surface area (Å²) in [6, 6.07) is 7.14. The largest absolute Gasteiger partial charge is 0.354 e. The van der Waals surface area contributed by atoms with Gasteiger partial charge in [0.05, 0.1) is 0 Å². The van der Waals surface area contributed by atoms with E-state index in [1.165, 1.54) is 5.56 Å². The average molecular weight is 349 g/mol. The van der Waals surface area contributed by atoms with Crippen molar-refractivity contribution in [3.8, 4) is 0 Å². The Kier molecular flexibility index (Phi) is 6.25. The van der Waals surface area contributed by atoms with Gasteiger partial charge in [0, 0.05) is 17.2 Å². The molecule has 6 nitrogen and oxygen atoms in total. The zero-order valence-corrected chi connectivity index (χ0v) is 15.0. The molecule has 1 aromatic carbocycles. The predicted octanol–water partition coefficient (Wildman–Crippen LogP) is 1.78. The Morgan fingerprint density at radius 2 is 1.96 bits per heavy atom. The SMILES string of the molecule is Cc1ccc(SCCNC(=O)CN2C(=O)N[C@@H](C(C)C)C2=O)cc1. The van der Waals surface area contributed by atoms with Gasteiger partial charge in [-0.05, 0) is 25.0 Å². The first-order chi connectivity index (χ1) is 11.4. The molecule has 1 atom stereocenters. The smallest absolute Gasteiger partial charge is 0.325 e. The molecule has 24 heavy (non-hydrogen) atoms. The second kappa shape index (κ2) is 8.19. The van der Waals surface area contributed by atoms with Gasteiger partial charge in [-0.25, -0.2) is 4.79 Å². The van der Waals surface area contributed by atoms with Gasteiger partial charge in [0.15, 0.2) is 0 Å². The fourth-order valence-corrected chi connectivity index (χ4v) is 3.10. The molecule has 130 valence electrons. The van der Waals surface area contributed by atoms with Crippen molar-refractivity contribution in [3.05, 3.63) is 29.8 Å². The van der Waals surface area contributed by atoms with Crippen LogP contribution in [-0.2, 0) is 9.59 Å². The monoisotopic (exact) mass is 349 g/mol. The molecule has 4 amide bonds. The van der Waals surface area contributed by atoms with Gasteiger partial charge in [0.25, 0.3) is 5.91 Å². The highest BCUT2D eigenvalue weighted by Crippen LogP contribution is 2.17. The van der Waals surface area contributed by atoms with E-state index in [1.54, 1.807) is 11.8 Å². The van der Waals surface area contributed by atoms with Crippen molar-refractivity contribution in [3.63, 3.8) is 0 Å². The quantitative estimate of drug-likeness (QED) is 0.447. The molecule has 1 aliphatic heterocycles. The standard InChI is InChI=1S/C17H23N3O3S/c1-11(2)15-16(22)20(17(23)19-15)10-14(21)18-8-9-24-13-6-4-12(3)5-7-13/h4-7,11,15H,8-10H2,1-3H3,(H,18,21)(H,19,23)/t15-/m0/s1. The summed E-state index contributed by atoms with van der Waals surface area (Å²) in [5.74, 6) is 0.0656. The van der Waals surface area contributed by atoms with E-state index in [0.29, 0.717) is 6.54 Å². The highest BCUT2D eigenvalue weighted by atomic mass is 32.2. The molecule has 0 bridgehead atoms. The van der Waals surface area contributed by atoms with Crippen LogP contribution < -0.4 is 10.6 Å². The van der Waals surface area contributed by atoms with Gasteiger partial charge < -0.3 is 10.6 Å². The van der Waals surface area contributed by atoms with E-state index in [1.807, 2.05) is 45.0 Å². The molecule has 0 aromatic heterocycles. The Morgan fingerprint density at radius 3 is 2.54 bits per heavy atom. The minimum Gasteiger partial charge on any atom is -0.354 e. The number of carbonyl (C=O) groups excluding carboxylic acids is 3. The van der Waals surface area contributed by atoms with Gasteiger partial charge in [-0.3, -0.25) is 14.5 Å². The zero-order chi connectivity index (χ0) is 17.7. The molecular weight excluding hydrogens is 326 g/mol. The van der Waals surface area contributed by atoms with Gasteiger partial charge in [-0.1, -0.05) is 31.5 Å². The lowest BCUT2D eigenvalue weighted by atomic mass is 10.1. The summed E-state index contributed by atoms with van der Waals surface area (Å²) in [6.07, 6.45) is 0. The van der Waals surface area contributed by atoms with Crippen molar-refractivity contribution >= 4 is 29.6 Å². The third-order valence-corrected chi connectivity index (χ3v) is 4.75. The van der Waals surface area contributed by atoms with E-state index >= 15 is 0 Å². The molecule has 1 fully saturated rings. The van der Waals surface area contributed by atoms with Crippen LogP contribution in [0.25, 0.3) is 0 Å². The second-order valence-corrected chi connectivity index (χ2v) is 7.28. The lowest BCUT2D eigenvalue weighted by molar-refractivity contribution is -0.132. The second-order valence-electron chi connectivity index (χ2n) is 6.11. The lowest BCUT2D eigenvalue weighted by Crippen LogP contribution is -2.42. The number of imide groups is 1. The molecule has 7 heteroatoms. The van der Waals surface area contributed by atoms with Crippen molar-refractivity contribution in [1.29, 1.82) is 0 Å². The Hall–Kier alpha value is -2.02. The third kappa shape index (κ3) is 4.74. The highest BCUT2D eigenvalue weighted by molar-refractivity contribution is 7.99. The Morgan fingerprint density at radius 1 is 1.29 bits per heavy atom. The van der Waals surface area contributed by atoms with Crippen LogP contribution in [0, 0.1) is 12.8 Å². The lowest BCUT2D eigenvalue weighted by Gasteiger charge is -2.14. The van der Waals surface area contributed by atoms with E-state index in [9.17, 15) is 14.4 Å². The fourth-order valence-electron chi connectivity index (χ4n) is 2.34. The fraction of sp³-hybridized carbons (Fsp3) is 0.471. The number of thioether (sulfide) groups is 1. The maximum Gasteiger partial charge on any atom is 0.325 e. The first-order valence-corrected chi connectivity index (χ1v) is 8.95. The molecule has 0 spiro atoms. The third-order valence-electron chi connectivity index (χ3n) is 3.74. The Bertz CT molecular complexity index is 616. The zero-order valence-electron chi connectivity index (χ0n) is 14.2. The number of aryl methyl sites for hydroxylation is 1. The Balaban J connectivity index is 1.72. The van der Waals surface area contributed by atoms with Crippen LogP contribution in [0.2, 0.25) is 0 Å². The number of urea groups is 1. The molecule has 1 aromatic rings. The highest BCUT2D eigenvalue weighted by Gasteiger charge is 2.40. The molecule has 0 saturated carbocycles. The van der Waals surface area contributed by atoms with E-state index < -0.39 is 12.1 Å². The molecule has 1 aliphatic rings. The van der Waals surface area contributed by atoms with E-state index in [2.05, 4.69) is 10.6 Å². The van der Waals surface area contributed by atoms with Crippen molar-refractivity contribution in [2.75, 3.05) is 18.8 Å². The van der Waals surface area contributed by atoms with Crippen LogP contribution in [-0.4, -0.2) is 47.6 Å². The number of benzene rings is 1. The van der Waals surface area contributed by atoms with Gasteiger partial charge in [-0.15, -0.1) is 11.8 Å². The van der Waals surface area contributed by atoms with Gasteiger partial charge in [-0.2, -0.15) is 0 Å². The molecular formula is C17H23N3O3S. The van der Waals surface area contributed by atoms with Crippen LogP contribution in [0.1, 0.15) is 19.4 Å². The summed E-state index contributed by atoms with van der Waals surface area (Å²) >= 11 is 1.64. The van der Waals surface area contributed by atoms with Crippen LogP contribution in [0.3, 0.4) is 0 Å². The number of nitrogens with one attached hydrogen (secondary N) is 2. The normalized spacial score (nSPS) is 17.3. The first kappa shape index (κ1) is 18.3. The van der Waals surface area contributed by atoms with Crippen molar-refractivity contribution in [2.45, 2.75) is 31.7 Å². The minimum atomic E-state index is -0.539. The number of nitrogens with zero attached hydrogens (tertiary/aromatic N) is 1. The molecule has 0 radical (unpaired) electrons.